The van der Waals surface area contributed by atoms with E-state index in [4.69, 9.17) is 14.8 Å². The summed E-state index contributed by atoms with van der Waals surface area (Å²) >= 11 is 0. The third-order valence-electron chi connectivity index (χ3n) is 12.3. The molecule has 0 fully saturated rings. The standard InChI is InChI=1S/C53H55N5O/c1-29(2)38-19-32(7)51-46(24-38)47-25-39(30(3)4)20-33(8)52(47)57(51)50-34(9)28-54-53(37(50)12)56-48-16-14-13-15-44(48)45-18-17-42(27-49(45)56)59-43-23-40(31(5)6)22-41(26-43)58-36(11)21-35(10)55-58/h13-31H,1-12H3. The molecule has 0 aliphatic heterocycles. The van der Waals surface area contributed by atoms with Gasteiger partial charge in [0, 0.05) is 51.1 Å². The van der Waals surface area contributed by atoms with Gasteiger partial charge in [-0.25, -0.2) is 9.67 Å². The predicted octanol–water partition coefficient (Wildman–Crippen LogP) is 14.5. The van der Waals surface area contributed by atoms with E-state index in [1.54, 1.807) is 0 Å². The van der Waals surface area contributed by atoms with Gasteiger partial charge in [0.2, 0.25) is 0 Å². The first-order valence-electron chi connectivity index (χ1n) is 21.2. The molecule has 0 amide bonds. The van der Waals surface area contributed by atoms with Crippen LogP contribution in [0.4, 0.5) is 0 Å². The van der Waals surface area contributed by atoms with Gasteiger partial charge in [0.15, 0.2) is 0 Å². The van der Waals surface area contributed by atoms with Gasteiger partial charge in [-0.1, -0.05) is 71.9 Å². The van der Waals surface area contributed by atoms with Crippen molar-refractivity contribution in [2.45, 2.75) is 101 Å². The van der Waals surface area contributed by atoms with E-state index >= 15 is 0 Å². The molecule has 0 N–H and O–H groups in total. The van der Waals surface area contributed by atoms with E-state index in [-0.39, 0.29) is 0 Å². The van der Waals surface area contributed by atoms with Crippen LogP contribution in [0.3, 0.4) is 0 Å². The van der Waals surface area contributed by atoms with Gasteiger partial charge in [0.05, 0.1) is 39.1 Å². The van der Waals surface area contributed by atoms with Crippen LogP contribution in [0.2, 0.25) is 0 Å². The molecule has 6 nitrogen and oxygen atoms in total. The smallest absolute Gasteiger partial charge is 0.142 e. The monoisotopic (exact) mass is 777 g/mol. The molecule has 59 heavy (non-hydrogen) atoms. The number of benzene rings is 5. The van der Waals surface area contributed by atoms with Crippen molar-refractivity contribution in [3.8, 4) is 28.7 Å². The van der Waals surface area contributed by atoms with Gasteiger partial charge in [0.25, 0.3) is 0 Å². The number of aryl methyl sites for hydroxylation is 5. The SMILES string of the molecule is Cc1cc(C)n(-c2cc(Oc3ccc4c5ccccc5n(-c5ncc(C)c(-n6c7c(C)cc(C(C)C)cc7c7cc(C(C)C)cc(C)c76)c5C)c4c3)cc(C(C)C)c2)n1. The lowest BCUT2D eigenvalue weighted by Crippen LogP contribution is -2.09. The molecule has 4 aromatic heterocycles. The highest BCUT2D eigenvalue weighted by atomic mass is 16.5. The minimum Gasteiger partial charge on any atom is -0.457 e. The van der Waals surface area contributed by atoms with Crippen LogP contribution in [-0.4, -0.2) is 23.9 Å². The summed E-state index contributed by atoms with van der Waals surface area (Å²) in [5.74, 6) is 3.63. The minimum atomic E-state index is 0.320. The molecule has 6 heteroatoms. The number of fused-ring (bicyclic) bond motifs is 6. The molecular weight excluding hydrogens is 723 g/mol. The highest BCUT2D eigenvalue weighted by molar-refractivity contribution is 6.12. The molecule has 9 aromatic rings. The van der Waals surface area contributed by atoms with Crippen molar-refractivity contribution in [3.05, 3.63) is 148 Å². The van der Waals surface area contributed by atoms with Crippen LogP contribution in [0.25, 0.3) is 60.8 Å². The van der Waals surface area contributed by atoms with Gasteiger partial charge < -0.3 is 9.30 Å². The Morgan fingerprint density at radius 2 is 1.14 bits per heavy atom. The minimum absolute atomic E-state index is 0.320. The van der Waals surface area contributed by atoms with Crippen LogP contribution in [0.15, 0.2) is 97.2 Å². The second-order valence-corrected chi connectivity index (χ2v) is 17.7. The summed E-state index contributed by atoms with van der Waals surface area (Å²) in [4.78, 5) is 5.27. The molecule has 4 heterocycles. The van der Waals surface area contributed by atoms with E-state index in [9.17, 15) is 0 Å². The van der Waals surface area contributed by atoms with Crippen LogP contribution in [0.1, 0.15) is 110 Å². The average Bonchev–Trinajstić information content (AvgIpc) is 3.83. The highest BCUT2D eigenvalue weighted by Crippen LogP contribution is 2.43. The lowest BCUT2D eigenvalue weighted by atomic mass is 9.95. The highest BCUT2D eigenvalue weighted by Gasteiger charge is 2.24. The molecule has 0 atom stereocenters. The van der Waals surface area contributed by atoms with E-state index in [1.165, 1.54) is 60.7 Å². The van der Waals surface area contributed by atoms with Gasteiger partial charge in [-0.3, -0.25) is 4.57 Å². The zero-order valence-corrected chi connectivity index (χ0v) is 36.6. The van der Waals surface area contributed by atoms with Crippen LogP contribution in [0, 0.1) is 41.5 Å². The predicted molar refractivity (Wildman–Crippen MR) is 247 cm³/mol. The van der Waals surface area contributed by atoms with E-state index in [0.717, 1.165) is 61.9 Å². The number of para-hydroxylation sites is 1. The van der Waals surface area contributed by atoms with Crippen LogP contribution < -0.4 is 4.74 Å². The Morgan fingerprint density at radius 1 is 0.525 bits per heavy atom. The fraction of sp³-hybridized carbons (Fsp3) is 0.283. The van der Waals surface area contributed by atoms with Gasteiger partial charge >= 0.3 is 0 Å². The molecule has 5 aromatic carbocycles. The number of aromatic nitrogens is 5. The number of rotatable bonds is 8. The maximum absolute atomic E-state index is 6.80. The fourth-order valence-electron chi connectivity index (χ4n) is 9.30. The molecule has 0 saturated heterocycles. The molecule has 0 radical (unpaired) electrons. The van der Waals surface area contributed by atoms with Crippen molar-refractivity contribution in [2.24, 2.45) is 0 Å². The van der Waals surface area contributed by atoms with E-state index < -0.39 is 0 Å². The number of hydrogen-bond acceptors (Lipinski definition) is 3. The number of ether oxygens (including phenoxy) is 1. The third kappa shape index (κ3) is 6.32. The summed E-state index contributed by atoms with van der Waals surface area (Å²) < 4.78 is 13.7. The summed E-state index contributed by atoms with van der Waals surface area (Å²) in [7, 11) is 0. The molecule has 0 aliphatic carbocycles. The summed E-state index contributed by atoms with van der Waals surface area (Å²) in [5, 5.41) is 9.75. The van der Waals surface area contributed by atoms with Crippen LogP contribution >= 0.6 is 0 Å². The van der Waals surface area contributed by atoms with Crippen LogP contribution in [-0.2, 0) is 0 Å². The lowest BCUT2D eigenvalue weighted by Gasteiger charge is -2.20. The molecule has 298 valence electrons. The summed E-state index contributed by atoms with van der Waals surface area (Å²) in [5.41, 5.74) is 17.7. The second-order valence-electron chi connectivity index (χ2n) is 17.7. The summed E-state index contributed by atoms with van der Waals surface area (Å²) in [6.45, 7) is 26.7. The number of nitrogens with zero attached hydrogens (tertiary/aromatic N) is 5. The molecule has 9 rings (SSSR count). The molecule has 0 unspecified atom stereocenters. The summed E-state index contributed by atoms with van der Waals surface area (Å²) in [6, 6.07) is 33.3. The largest absolute Gasteiger partial charge is 0.457 e. The van der Waals surface area contributed by atoms with Gasteiger partial charge in [-0.05, 0) is 141 Å². The summed E-state index contributed by atoms with van der Waals surface area (Å²) in [6.07, 6.45) is 2.06. The Balaban J connectivity index is 1.27. The van der Waals surface area contributed by atoms with Crippen molar-refractivity contribution < 1.29 is 4.74 Å². The van der Waals surface area contributed by atoms with Crippen molar-refractivity contribution in [1.82, 2.24) is 23.9 Å². The molecular formula is C53H55N5O. The second kappa shape index (κ2) is 14.3. The molecule has 0 aliphatic rings. The normalized spacial score (nSPS) is 12.2. The topological polar surface area (TPSA) is 49.8 Å². The van der Waals surface area contributed by atoms with E-state index in [0.29, 0.717) is 17.8 Å². The molecule has 0 bridgehead atoms. The average molecular weight is 778 g/mol. The lowest BCUT2D eigenvalue weighted by molar-refractivity contribution is 0.481. The zero-order valence-electron chi connectivity index (χ0n) is 36.6. The Morgan fingerprint density at radius 3 is 1.75 bits per heavy atom. The Bertz CT molecular complexity index is 3060. The fourth-order valence-corrected chi connectivity index (χ4v) is 9.30. The van der Waals surface area contributed by atoms with Crippen molar-refractivity contribution in [1.29, 1.82) is 0 Å². The zero-order chi connectivity index (χ0) is 41.6. The van der Waals surface area contributed by atoms with Crippen molar-refractivity contribution >= 4 is 43.6 Å². The first kappa shape index (κ1) is 38.4. The van der Waals surface area contributed by atoms with Crippen molar-refractivity contribution in [3.63, 3.8) is 0 Å². The van der Waals surface area contributed by atoms with Gasteiger partial charge in [0.1, 0.15) is 17.3 Å². The Labute approximate surface area is 348 Å². The molecule has 0 saturated carbocycles. The van der Waals surface area contributed by atoms with Crippen molar-refractivity contribution in [2.75, 3.05) is 0 Å². The maximum atomic E-state index is 6.80. The maximum Gasteiger partial charge on any atom is 0.142 e. The number of hydrogen-bond donors (Lipinski definition) is 0. The van der Waals surface area contributed by atoms with Gasteiger partial charge in [-0.15, -0.1) is 0 Å². The first-order valence-corrected chi connectivity index (χ1v) is 21.2. The van der Waals surface area contributed by atoms with Gasteiger partial charge in [-0.2, -0.15) is 5.10 Å². The van der Waals surface area contributed by atoms with E-state index in [1.807, 2.05) is 11.6 Å². The Kier molecular flexibility index (Phi) is 9.30. The first-order chi connectivity index (χ1) is 28.2. The quantitative estimate of drug-likeness (QED) is 0.154. The van der Waals surface area contributed by atoms with E-state index in [2.05, 4.69) is 182 Å². The Hall–Kier alpha value is -6.14. The third-order valence-corrected chi connectivity index (χ3v) is 12.3. The van der Waals surface area contributed by atoms with Crippen LogP contribution in [0.5, 0.6) is 11.5 Å². The number of pyridine rings is 1. The molecule has 0 spiro atoms.